The SMILES string of the molecule is COC(=O)CSc1[nH+]c(N)c(C#N)c(-c2ccco2)c1C#N. The number of nitrogen functional groups attached to an aromatic ring is 1. The summed E-state index contributed by atoms with van der Waals surface area (Å²) >= 11 is 1.07. The second-order valence-electron chi connectivity index (χ2n) is 4.06. The lowest BCUT2D eigenvalue weighted by atomic mass is 10.0. The molecule has 0 fully saturated rings. The fraction of sp³-hybridized carbons (Fsp3) is 0.143. The number of carbonyl (C=O) groups is 1. The maximum absolute atomic E-state index is 11.3. The van der Waals surface area contributed by atoms with Gasteiger partial charge in [-0.05, 0) is 12.1 Å². The molecule has 0 spiro atoms. The lowest BCUT2D eigenvalue weighted by Gasteiger charge is -2.07. The summed E-state index contributed by atoms with van der Waals surface area (Å²) in [6.45, 7) is 0. The van der Waals surface area contributed by atoms with Crippen LogP contribution in [0.1, 0.15) is 11.1 Å². The van der Waals surface area contributed by atoms with Crippen molar-refractivity contribution in [1.29, 1.82) is 10.5 Å². The summed E-state index contributed by atoms with van der Waals surface area (Å²) in [7, 11) is 1.28. The largest absolute Gasteiger partial charge is 0.468 e. The first-order valence-corrected chi connectivity index (χ1v) is 7.03. The van der Waals surface area contributed by atoms with Gasteiger partial charge in [0.15, 0.2) is 10.6 Å². The molecule has 0 radical (unpaired) electrons. The summed E-state index contributed by atoms with van der Waals surface area (Å²) in [6, 6.07) is 7.26. The van der Waals surface area contributed by atoms with Crippen molar-refractivity contribution < 1.29 is 18.9 Å². The van der Waals surface area contributed by atoms with Crippen LogP contribution in [0.3, 0.4) is 0 Å². The smallest absolute Gasteiger partial charge is 0.316 e. The van der Waals surface area contributed by atoms with Gasteiger partial charge in [-0.25, -0.2) is 4.98 Å². The van der Waals surface area contributed by atoms with Gasteiger partial charge in [-0.3, -0.25) is 10.5 Å². The number of methoxy groups -OCH3 is 1. The van der Waals surface area contributed by atoms with Gasteiger partial charge in [0.25, 0.3) is 5.82 Å². The minimum atomic E-state index is -0.440. The Bertz CT molecular complexity index is 788. The van der Waals surface area contributed by atoms with Crippen LogP contribution in [0.5, 0.6) is 0 Å². The van der Waals surface area contributed by atoms with E-state index in [0.717, 1.165) is 11.8 Å². The fourth-order valence-corrected chi connectivity index (χ4v) is 2.66. The molecule has 0 aliphatic rings. The van der Waals surface area contributed by atoms with Crippen molar-refractivity contribution in [3.63, 3.8) is 0 Å². The second kappa shape index (κ2) is 6.66. The molecular weight excluding hydrogens is 304 g/mol. The summed E-state index contributed by atoms with van der Waals surface area (Å²) in [5, 5.41) is 19.1. The van der Waals surface area contributed by atoms with E-state index < -0.39 is 5.97 Å². The van der Waals surface area contributed by atoms with Crippen molar-refractivity contribution in [3.8, 4) is 23.5 Å². The number of pyridine rings is 1. The van der Waals surface area contributed by atoms with E-state index >= 15 is 0 Å². The van der Waals surface area contributed by atoms with E-state index in [1.807, 2.05) is 12.1 Å². The molecule has 110 valence electrons. The molecule has 3 N–H and O–H groups in total. The van der Waals surface area contributed by atoms with Crippen LogP contribution in [-0.2, 0) is 9.53 Å². The average Bonchev–Trinajstić information content (AvgIpc) is 3.05. The number of nitrogens with zero attached hydrogens (tertiary/aromatic N) is 2. The van der Waals surface area contributed by atoms with Crippen molar-refractivity contribution in [2.45, 2.75) is 5.03 Å². The molecule has 2 rings (SSSR count). The summed E-state index contributed by atoms with van der Waals surface area (Å²) in [5.74, 6) is 0.0173. The third-order valence-corrected chi connectivity index (χ3v) is 3.77. The molecule has 7 nitrogen and oxygen atoms in total. The number of rotatable bonds is 4. The maximum Gasteiger partial charge on any atom is 0.316 e. The Hall–Kier alpha value is -2.97. The van der Waals surface area contributed by atoms with Crippen LogP contribution in [0.15, 0.2) is 27.8 Å². The van der Waals surface area contributed by atoms with Crippen molar-refractivity contribution in [3.05, 3.63) is 29.5 Å². The van der Waals surface area contributed by atoms with E-state index in [4.69, 9.17) is 10.2 Å². The number of anilines is 1. The zero-order chi connectivity index (χ0) is 16.1. The number of aromatic nitrogens is 1. The third kappa shape index (κ3) is 2.87. The van der Waals surface area contributed by atoms with Crippen molar-refractivity contribution in [2.24, 2.45) is 0 Å². The molecule has 0 amide bonds. The number of nitrogens with one attached hydrogen (secondary N) is 1. The highest BCUT2D eigenvalue weighted by Crippen LogP contribution is 2.33. The molecule has 0 aliphatic heterocycles. The Morgan fingerprint density at radius 2 is 2.18 bits per heavy atom. The number of nitrogens with two attached hydrogens (primary N) is 1. The standard InChI is InChI=1S/C14H10N4O3S/c1-20-11(19)7-22-14-9(6-16)12(10-3-2-4-21-10)8(5-15)13(17)18-14/h2-4H,7H2,1H3,(H2,17,18)/p+1. The molecule has 0 aliphatic carbocycles. The summed E-state index contributed by atoms with van der Waals surface area (Å²) in [4.78, 5) is 14.0. The van der Waals surface area contributed by atoms with Crippen LogP contribution in [0, 0.1) is 22.7 Å². The van der Waals surface area contributed by atoms with Crippen LogP contribution >= 0.6 is 11.8 Å². The summed E-state index contributed by atoms with van der Waals surface area (Å²) < 4.78 is 9.85. The predicted octanol–water partition coefficient (Wildman–Crippen LogP) is 1.35. The average molecular weight is 315 g/mol. The second-order valence-corrected chi connectivity index (χ2v) is 5.04. The lowest BCUT2D eigenvalue weighted by molar-refractivity contribution is -0.410. The zero-order valence-corrected chi connectivity index (χ0v) is 12.4. The Kier molecular flexibility index (Phi) is 4.66. The number of carbonyl (C=O) groups excluding carboxylic acids is 1. The molecule has 22 heavy (non-hydrogen) atoms. The van der Waals surface area contributed by atoms with E-state index in [2.05, 4.69) is 9.72 Å². The molecule has 0 aromatic carbocycles. The minimum absolute atomic E-state index is 0.00458. The van der Waals surface area contributed by atoms with Crippen LogP contribution in [0.2, 0.25) is 0 Å². The molecule has 2 heterocycles. The highest BCUT2D eigenvalue weighted by molar-refractivity contribution is 7.99. The fourth-order valence-electron chi connectivity index (χ4n) is 1.81. The topological polar surface area (TPSA) is 127 Å². The predicted molar refractivity (Wildman–Crippen MR) is 77.3 cm³/mol. The molecule has 0 saturated heterocycles. The lowest BCUT2D eigenvalue weighted by Crippen LogP contribution is -2.19. The molecule has 0 atom stereocenters. The van der Waals surface area contributed by atoms with Crippen LogP contribution in [0.25, 0.3) is 11.3 Å². The number of aromatic amines is 1. The monoisotopic (exact) mass is 315 g/mol. The van der Waals surface area contributed by atoms with Gasteiger partial charge in [0.05, 0.1) is 24.7 Å². The number of ether oxygens (including phenoxy) is 1. The Morgan fingerprint density at radius 3 is 2.73 bits per heavy atom. The van der Waals surface area contributed by atoms with Crippen LogP contribution < -0.4 is 10.7 Å². The van der Waals surface area contributed by atoms with Gasteiger partial charge >= 0.3 is 5.97 Å². The molecule has 8 heteroatoms. The van der Waals surface area contributed by atoms with Gasteiger partial charge in [0, 0.05) is 0 Å². The Morgan fingerprint density at radius 1 is 1.45 bits per heavy atom. The van der Waals surface area contributed by atoms with Gasteiger partial charge in [-0.2, -0.15) is 10.5 Å². The highest BCUT2D eigenvalue weighted by atomic mass is 32.2. The molecule has 2 aromatic heterocycles. The van der Waals surface area contributed by atoms with Gasteiger partial charge in [-0.15, -0.1) is 0 Å². The number of H-pyrrole nitrogens is 1. The zero-order valence-electron chi connectivity index (χ0n) is 11.5. The maximum atomic E-state index is 11.3. The van der Waals surface area contributed by atoms with Gasteiger partial charge < -0.3 is 9.15 Å². The van der Waals surface area contributed by atoms with Gasteiger partial charge in [0.1, 0.15) is 23.5 Å². The normalized spacial score (nSPS) is 9.77. The van der Waals surface area contributed by atoms with E-state index in [0.29, 0.717) is 16.3 Å². The van der Waals surface area contributed by atoms with Crippen molar-refractivity contribution in [2.75, 3.05) is 18.6 Å². The molecule has 0 bridgehead atoms. The molecule has 0 unspecified atom stereocenters. The number of esters is 1. The first-order chi connectivity index (χ1) is 10.6. The van der Waals surface area contributed by atoms with Crippen molar-refractivity contribution >= 4 is 23.5 Å². The summed E-state index contributed by atoms with van der Waals surface area (Å²) in [6.07, 6.45) is 1.44. The van der Waals surface area contributed by atoms with Crippen LogP contribution in [0.4, 0.5) is 5.82 Å². The highest BCUT2D eigenvalue weighted by Gasteiger charge is 2.25. The molecular formula is C14H11N4O3S+. The Balaban J connectivity index is 2.60. The van der Waals surface area contributed by atoms with Gasteiger partial charge in [-0.1, -0.05) is 11.8 Å². The summed E-state index contributed by atoms with van der Waals surface area (Å²) in [5.41, 5.74) is 6.46. The number of hydrogen-bond acceptors (Lipinski definition) is 7. The van der Waals surface area contributed by atoms with E-state index in [1.165, 1.54) is 13.4 Å². The quantitative estimate of drug-likeness (QED) is 0.666. The minimum Gasteiger partial charge on any atom is -0.468 e. The number of nitriles is 2. The molecule has 2 aromatic rings. The number of hydrogen-bond donors (Lipinski definition) is 1. The Labute approximate surface area is 130 Å². The van der Waals surface area contributed by atoms with Gasteiger partial charge in [0.2, 0.25) is 0 Å². The van der Waals surface area contributed by atoms with E-state index in [-0.39, 0.29) is 22.7 Å². The first-order valence-electron chi connectivity index (χ1n) is 6.04. The molecule has 0 saturated carbocycles. The van der Waals surface area contributed by atoms with Crippen LogP contribution in [-0.4, -0.2) is 18.8 Å². The third-order valence-electron chi connectivity index (χ3n) is 2.80. The number of thioether (sulfide) groups is 1. The number of furan rings is 1. The van der Waals surface area contributed by atoms with Crippen molar-refractivity contribution in [1.82, 2.24) is 0 Å². The first kappa shape index (κ1) is 15.4. The van der Waals surface area contributed by atoms with E-state index in [1.54, 1.807) is 12.1 Å². The van der Waals surface area contributed by atoms with E-state index in [9.17, 15) is 15.3 Å².